The first-order valence-electron chi connectivity index (χ1n) is 20.7. The molecule has 12 aromatic rings. The van der Waals surface area contributed by atoms with Gasteiger partial charge in [0.05, 0.1) is 16.7 Å². The molecule has 0 fully saturated rings. The van der Waals surface area contributed by atoms with Gasteiger partial charge >= 0.3 is 0 Å². The van der Waals surface area contributed by atoms with Crippen molar-refractivity contribution in [2.24, 2.45) is 0 Å². The SMILES string of the molecule is c1ccc(-c2nc(-c3cc(-c4ccccc4)c(-n4c5cc6ccccc6cc5c5ccc6ccccc6c54)c(-c4ccccc4)c3)nc(-c3cccc4ccccc34)n2)cc1. The van der Waals surface area contributed by atoms with Gasteiger partial charge in [0.25, 0.3) is 0 Å². The Kier molecular flexibility index (Phi) is 8.13. The second-order valence-electron chi connectivity index (χ2n) is 15.6. The number of hydrogen-bond acceptors (Lipinski definition) is 3. The van der Waals surface area contributed by atoms with Gasteiger partial charge in [-0.1, -0.05) is 194 Å². The van der Waals surface area contributed by atoms with Gasteiger partial charge in [-0.2, -0.15) is 0 Å². The highest BCUT2D eigenvalue weighted by atomic mass is 15.0. The summed E-state index contributed by atoms with van der Waals surface area (Å²) < 4.78 is 2.53. The van der Waals surface area contributed by atoms with Crippen LogP contribution in [-0.4, -0.2) is 19.5 Å². The molecule has 0 atom stereocenters. The van der Waals surface area contributed by atoms with Crippen molar-refractivity contribution >= 4 is 54.1 Å². The van der Waals surface area contributed by atoms with E-state index in [1.807, 2.05) is 18.2 Å². The minimum Gasteiger partial charge on any atom is -0.307 e. The van der Waals surface area contributed by atoms with Gasteiger partial charge in [0.15, 0.2) is 17.5 Å². The normalized spacial score (nSPS) is 11.6. The van der Waals surface area contributed by atoms with E-state index in [2.05, 4.69) is 205 Å². The average molecular weight is 777 g/mol. The summed E-state index contributed by atoms with van der Waals surface area (Å²) in [5, 5.41) is 9.47. The Morgan fingerprint density at radius 2 is 0.770 bits per heavy atom. The zero-order chi connectivity index (χ0) is 40.3. The molecule has 0 spiro atoms. The molecule has 4 nitrogen and oxygen atoms in total. The summed E-state index contributed by atoms with van der Waals surface area (Å²) in [7, 11) is 0. The molecule has 10 aromatic carbocycles. The van der Waals surface area contributed by atoms with Crippen molar-refractivity contribution < 1.29 is 0 Å². The van der Waals surface area contributed by atoms with Crippen LogP contribution >= 0.6 is 0 Å². The molecule has 284 valence electrons. The Hall–Kier alpha value is -8.21. The van der Waals surface area contributed by atoms with Crippen molar-refractivity contribution in [3.8, 4) is 62.1 Å². The van der Waals surface area contributed by atoms with Crippen LogP contribution in [0, 0.1) is 0 Å². The van der Waals surface area contributed by atoms with Crippen LogP contribution in [0.1, 0.15) is 0 Å². The number of nitrogens with zero attached hydrogens (tertiary/aromatic N) is 4. The van der Waals surface area contributed by atoms with E-state index in [1.54, 1.807) is 0 Å². The van der Waals surface area contributed by atoms with E-state index in [0.29, 0.717) is 17.5 Å². The number of aromatic nitrogens is 4. The van der Waals surface area contributed by atoms with Crippen molar-refractivity contribution in [1.82, 2.24) is 19.5 Å². The lowest BCUT2D eigenvalue weighted by Crippen LogP contribution is -2.04. The van der Waals surface area contributed by atoms with Gasteiger partial charge in [-0.25, -0.2) is 15.0 Å². The van der Waals surface area contributed by atoms with Crippen LogP contribution in [-0.2, 0) is 0 Å². The molecule has 4 heteroatoms. The minimum atomic E-state index is 0.608. The minimum absolute atomic E-state index is 0.608. The van der Waals surface area contributed by atoms with Crippen LogP contribution in [0.15, 0.2) is 218 Å². The Labute approximate surface area is 352 Å². The predicted molar refractivity (Wildman–Crippen MR) is 254 cm³/mol. The highest BCUT2D eigenvalue weighted by Crippen LogP contribution is 2.46. The standard InChI is InChI=1S/C57H36N4/c1-4-17-38(18-5-1)49-34-44(56-58-55(41-23-8-3-9-24-41)59-57(60-56)48-30-16-27-37-21-12-14-28-45(37)48)35-50(39-19-6-2-7-20-39)54(49)61-52-36-43-26-11-10-25-42(43)33-51(52)47-32-31-40-22-13-15-29-46(40)53(47)61/h1-36H. The molecule has 0 aliphatic carbocycles. The van der Waals surface area contributed by atoms with Crippen LogP contribution in [0.5, 0.6) is 0 Å². The van der Waals surface area contributed by atoms with E-state index in [1.165, 1.54) is 37.8 Å². The average Bonchev–Trinajstić information content (AvgIpc) is 3.66. The van der Waals surface area contributed by atoms with Crippen molar-refractivity contribution in [3.05, 3.63) is 218 Å². The highest BCUT2D eigenvalue weighted by molar-refractivity contribution is 6.21. The van der Waals surface area contributed by atoms with E-state index in [9.17, 15) is 0 Å². The lowest BCUT2D eigenvalue weighted by atomic mass is 9.92. The monoisotopic (exact) mass is 776 g/mol. The van der Waals surface area contributed by atoms with E-state index < -0.39 is 0 Å². The molecule has 0 amide bonds. The lowest BCUT2D eigenvalue weighted by Gasteiger charge is -2.21. The molecule has 2 aromatic heterocycles. The predicted octanol–water partition coefficient (Wildman–Crippen LogP) is 14.8. The molecule has 0 unspecified atom stereocenters. The van der Waals surface area contributed by atoms with Crippen LogP contribution in [0.3, 0.4) is 0 Å². The van der Waals surface area contributed by atoms with Crippen molar-refractivity contribution in [3.63, 3.8) is 0 Å². The smallest absolute Gasteiger partial charge is 0.164 e. The number of hydrogen-bond donors (Lipinski definition) is 0. The van der Waals surface area contributed by atoms with Crippen LogP contribution in [0.2, 0.25) is 0 Å². The zero-order valence-electron chi connectivity index (χ0n) is 33.1. The third-order valence-electron chi connectivity index (χ3n) is 12.0. The van der Waals surface area contributed by atoms with Crippen LogP contribution in [0.25, 0.3) is 116 Å². The van der Waals surface area contributed by atoms with Gasteiger partial charge in [0.2, 0.25) is 0 Å². The first-order valence-corrected chi connectivity index (χ1v) is 20.7. The van der Waals surface area contributed by atoms with Crippen molar-refractivity contribution in [2.75, 3.05) is 0 Å². The first kappa shape index (κ1) is 34.8. The Morgan fingerprint density at radius 1 is 0.279 bits per heavy atom. The van der Waals surface area contributed by atoms with Gasteiger partial charge in [-0.3, -0.25) is 0 Å². The third kappa shape index (κ3) is 5.88. The molecule has 0 saturated heterocycles. The topological polar surface area (TPSA) is 43.6 Å². The third-order valence-corrected chi connectivity index (χ3v) is 12.0. The quantitative estimate of drug-likeness (QED) is 0.169. The summed E-state index contributed by atoms with van der Waals surface area (Å²) in [6.45, 7) is 0. The van der Waals surface area contributed by atoms with Gasteiger partial charge in [0, 0.05) is 44.0 Å². The van der Waals surface area contributed by atoms with Crippen LogP contribution < -0.4 is 0 Å². The fourth-order valence-corrected chi connectivity index (χ4v) is 9.14. The molecule has 0 radical (unpaired) electrons. The lowest BCUT2D eigenvalue weighted by molar-refractivity contribution is 1.08. The second-order valence-corrected chi connectivity index (χ2v) is 15.6. The molecule has 61 heavy (non-hydrogen) atoms. The number of fused-ring (bicyclic) bond motifs is 7. The summed E-state index contributed by atoms with van der Waals surface area (Å²) in [6, 6.07) is 77.8. The largest absolute Gasteiger partial charge is 0.307 e. The molecule has 0 saturated carbocycles. The molecular weight excluding hydrogens is 741 g/mol. The maximum absolute atomic E-state index is 5.36. The fraction of sp³-hybridized carbons (Fsp3) is 0. The number of rotatable bonds is 6. The highest BCUT2D eigenvalue weighted by Gasteiger charge is 2.24. The van der Waals surface area contributed by atoms with E-state index >= 15 is 0 Å². The van der Waals surface area contributed by atoms with Gasteiger partial charge < -0.3 is 4.57 Å². The van der Waals surface area contributed by atoms with Crippen molar-refractivity contribution in [1.29, 1.82) is 0 Å². The number of benzene rings is 10. The Bertz CT molecular complexity index is 3560. The molecule has 0 aliphatic heterocycles. The maximum atomic E-state index is 5.36. The Balaban J connectivity index is 1.23. The fourth-order valence-electron chi connectivity index (χ4n) is 9.14. The van der Waals surface area contributed by atoms with Gasteiger partial charge in [-0.15, -0.1) is 0 Å². The summed E-state index contributed by atoms with van der Waals surface area (Å²) >= 11 is 0. The van der Waals surface area contributed by atoms with E-state index in [-0.39, 0.29) is 0 Å². The molecule has 2 heterocycles. The summed E-state index contributed by atoms with van der Waals surface area (Å²) in [5.41, 5.74) is 10.6. The Morgan fingerprint density at radius 3 is 1.43 bits per heavy atom. The molecule has 0 aliphatic rings. The summed E-state index contributed by atoms with van der Waals surface area (Å²) in [4.78, 5) is 15.8. The molecule has 12 rings (SSSR count). The second kappa shape index (κ2) is 14.3. The molecular formula is C57H36N4. The zero-order valence-corrected chi connectivity index (χ0v) is 33.1. The summed E-state index contributed by atoms with van der Waals surface area (Å²) in [6.07, 6.45) is 0. The van der Waals surface area contributed by atoms with Gasteiger partial charge in [-0.05, 0) is 62.3 Å². The van der Waals surface area contributed by atoms with Crippen molar-refractivity contribution in [2.45, 2.75) is 0 Å². The summed E-state index contributed by atoms with van der Waals surface area (Å²) in [5.74, 6) is 1.87. The molecule has 0 bridgehead atoms. The maximum Gasteiger partial charge on any atom is 0.164 e. The van der Waals surface area contributed by atoms with Gasteiger partial charge in [0.1, 0.15) is 0 Å². The van der Waals surface area contributed by atoms with Crippen LogP contribution in [0.4, 0.5) is 0 Å². The van der Waals surface area contributed by atoms with E-state index in [0.717, 1.165) is 60.9 Å². The first-order chi connectivity index (χ1) is 30.2. The van der Waals surface area contributed by atoms with E-state index in [4.69, 9.17) is 15.0 Å². The molecule has 0 N–H and O–H groups in total.